The number of ketones is 1. The molecule has 1 amide bonds. The van der Waals surface area contributed by atoms with Crippen molar-refractivity contribution in [1.29, 1.82) is 0 Å². The summed E-state index contributed by atoms with van der Waals surface area (Å²) >= 11 is 5.67. The van der Waals surface area contributed by atoms with Crippen LogP contribution in [-0.2, 0) is 11.2 Å². The van der Waals surface area contributed by atoms with Gasteiger partial charge in [-0.3, -0.25) is 14.4 Å². The molecule has 0 radical (unpaired) electrons. The van der Waals surface area contributed by atoms with Crippen LogP contribution in [0.5, 0.6) is 0 Å². The van der Waals surface area contributed by atoms with Gasteiger partial charge in [0.1, 0.15) is 11.5 Å². The Morgan fingerprint density at radius 2 is 2.11 bits per heavy atom. The Bertz CT molecular complexity index is 938. The number of benzene rings is 1. The molecule has 1 aliphatic rings. The Kier molecular flexibility index (Phi) is 5.32. The number of carboxylic acids is 1. The topological polar surface area (TPSA) is 99.3 Å². The van der Waals surface area contributed by atoms with E-state index in [4.69, 9.17) is 16.7 Å². The van der Waals surface area contributed by atoms with Crippen LogP contribution in [0.1, 0.15) is 63.0 Å². The number of halogens is 2. The fraction of sp³-hybridized carbons (Fsp3) is 0.316. The van der Waals surface area contributed by atoms with Crippen molar-refractivity contribution in [3.63, 3.8) is 0 Å². The molecule has 0 spiro atoms. The van der Waals surface area contributed by atoms with Gasteiger partial charge in [0.15, 0.2) is 5.78 Å². The predicted octanol–water partition coefficient (Wildman–Crippen LogP) is 3.58. The first-order valence-electron chi connectivity index (χ1n) is 8.50. The minimum atomic E-state index is -1.15. The molecule has 1 atom stereocenters. The third kappa shape index (κ3) is 3.88. The van der Waals surface area contributed by atoms with Crippen molar-refractivity contribution in [2.24, 2.45) is 0 Å². The van der Waals surface area contributed by atoms with Crippen molar-refractivity contribution < 1.29 is 23.9 Å². The van der Waals surface area contributed by atoms with Crippen LogP contribution in [0.3, 0.4) is 0 Å². The van der Waals surface area contributed by atoms with Crippen molar-refractivity contribution in [1.82, 2.24) is 10.3 Å². The molecule has 6 nitrogen and oxygen atoms in total. The summed E-state index contributed by atoms with van der Waals surface area (Å²) in [5.74, 6) is -2.40. The van der Waals surface area contributed by atoms with Crippen molar-refractivity contribution in [3.8, 4) is 0 Å². The minimum absolute atomic E-state index is 0.00842. The second kappa shape index (κ2) is 7.52. The minimum Gasteiger partial charge on any atom is -0.481 e. The van der Waals surface area contributed by atoms with Gasteiger partial charge in [-0.1, -0.05) is 17.7 Å². The summed E-state index contributed by atoms with van der Waals surface area (Å²) in [5.41, 5.74) is 2.32. The average Bonchev–Trinajstić information content (AvgIpc) is 2.94. The lowest BCUT2D eigenvalue weighted by Crippen LogP contribution is -2.31. The molecule has 0 fully saturated rings. The standard InChI is InChI=1S/C19H18ClFN2O4/c1-9-17-13(3-2-4-15(17)24)22-18(9)19(27)23-14(8-16(25)26)10-5-6-11(20)12(21)7-10/h5-7,14,22H,2-4,8H2,1H3,(H,23,27)(H,25,26). The van der Waals surface area contributed by atoms with Gasteiger partial charge in [-0.05, 0) is 43.0 Å². The first-order chi connectivity index (χ1) is 12.8. The summed E-state index contributed by atoms with van der Waals surface area (Å²) in [5, 5.41) is 11.7. The Balaban J connectivity index is 1.90. The number of H-pyrrole nitrogens is 1. The second-order valence-corrected chi connectivity index (χ2v) is 6.96. The summed E-state index contributed by atoms with van der Waals surface area (Å²) in [6.07, 6.45) is 1.42. The third-order valence-corrected chi connectivity index (χ3v) is 5.00. The summed E-state index contributed by atoms with van der Waals surface area (Å²) in [4.78, 5) is 39.0. The molecule has 3 rings (SSSR count). The zero-order valence-electron chi connectivity index (χ0n) is 14.6. The number of hydrogen-bond donors (Lipinski definition) is 3. The average molecular weight is 393 g/mol. The monoisotopic (exact) mass is 392 g/mol. The number of aromatic amines is 1. The molecule has 2 aromatic rings. The first-order valence-corrected chi connectivity index (χ1v) is 8.88. The Morgan fingerprint density at radius 3 is 2.74 bits per heavy atom. The molecule has 3 N–H and O–H groups in total. The SMILES string of the molecule is Cc1c(C(=O)NC(CC(=O)O)c2ccc(Cl)c(F)c2)[nH]c2c1C(=O)CCC2. The molecule has 1 heterocycles. The molecular weight excluding hydrogens is 375 g/mol. The van der Waals surface area contributed by atoms with E-state index >= 15 is 0 Å². The maximum absolute atomic E-state index is 13.8. The number of carboxylic acid groups (broad SMARTS) is 1. The van der Waals surface area contributed by atoms with Crippen LogP contribution in [0.2, 0.25) is 5.02 Å². The number of fused-ring (bicyclic) bond motifs is 1. The fourth-order valence-electron chi connectivity index (χ4n) is 3.39. The maximum Gasteiger partial charge on any atom is 0.305 e. The van der Waals surface area contributed by atoms with E-state index in [9.17, 15) is 18.8 Å². The number of Topliss-reactive ketones (excluding diaryl/α,β-unsaturated/α-hetero) is 1. The van der Waals surface area contributed by atoms with Gasteiger partial charge < -0.3 is 15.4 Å². The number of carbonyl (C=O) groups excluding carboxylic acids is 2. The van der Waals surface area contributed by atoms with Crippen LogP contribution in [0.4, 0.5) is 4.39 Å². The van der Waals surface area contributed by atoms with Gasteiger partial charge in [0.2, 0.25) is 0 Å². The molecule has 1 aromatic carbocycles. The van der Waals surface area contributed by atoms with Gasteiger partial charge in [-0.25, -0.2) is 4.39 Å². The zero-order valence-corrected chi connectivity index (χ0v) is 15.3. The predicted molar refractivity (Wildman–Crippen MR) is 96.7 cm³/mol. The highest BCUT2D eigenvalue weighted by atomic mass is 35.5. The van der Waals surface area contributed by atoms with Gasteiger partial charge in [-0.2, -0.15) is 0 Å². The highest BCUT2D eigenvalue weighted by Crippen LogP contribution is 2.28. The molecule has 0 bridgehead atoms. The van der Waals surface area contributed by atoms with Crippen LogP contribution in [0.15, 0.2) is 18.2 Å². The number of nitrogens with one attached hydrogen (secondary N) is 2. The number of rotatable bonds is 5. The van der Waals surface area contributed by atoms with Crippen molar-refractivity contribution in [2.75, 3.05) is 0 Å². The summed E-state index contributed by atoms with van der Waals surface area (Å²) in [6.45, 7) is 1.68. The maximum atomic E-state index is 13.8. The lowest BCUT2D eigenvalue weighted by Gasteiger charge is -2.18. The Hall–Kier alpha value is -2.67. The van der Waals surface area contributed by atoms with E-state index in [1.165, 1.54) is 12.1 Å². The summed E-state index contributed by atoms with van der Waals surface area (Å²) in [6, 6.07) is 2.93. The van der Waals surface area contributed by atoms with E-state index < -0.39 is 30.2 Å². The fourth-order valence-corrected chi connectivity index (χ4v) is 3.51. The molecule has 142 valence electrons. The molecule has 27 heavy (non-hydrogen) atoms. The molecular formula is C19H18ClFN2O4. The van der Waals surface area contributed by atoms with Crippen LogP contribution in [0.25, 0.3) is 0 Å². The van der Waals surface area contributed by atoms with Crippen LogP contribution >= 0.6 is 11.6 Å². The second-order valence-electron chi connectivity index (χ2n) is 6.55. The number of hydrogen-bond acceptors (Lipinski definition) is 3. The number of carbonyl (C=O) groups is 3. The highest BCUT2D eigenvalue weighted by Gasteiger charge is 2.28. The Morgan fingerprint density at radius 1 is 1.37 bits per heavy atom. The number of aryl methyl sites for hydroxylation is 1. The summed E-state index contributed by atoms with van der Waals surface area (Å²) < 4.78 is 13.8. The molecule has 1 aliphatic carbocycles. The lowest BCUT2D eigenvalue weighted by atomic mass is 9.93. The van der Waals surface area contributed by atoms with E-state index in [1.54, 1.807) is 6.92 Å². The smallest absolute Gasteiger partial charge is 0.305 e. The molecule has 8 heteroatoms. The van der Waals surface area contributed by atoms with E-state index in [-0.39, 0.29) is 22.1 Å². The van der Waals surface area contributed by atoms with Crippen molar-refractivity contribution in [2.45, 2.75) is 38.6 Å². The quantitative estimate of drug-likeness (QED) is 0.724. The normalized spacial score (nSPS) is 14.6. The largest absolute Gasteiger partial charge is 0.481 e. The van der Waals surface area contributed by atoms with E-state index in [0.717, 1.165) is 18.2 Å². The first kappa shape index (κ1) is 19.1. The number of amides is 1. The third-order valence-electron chi connectivity index (χ3n) is 4.69. The highest BCUT2D eigenvalue weighted by molar-refractivity contribution is 6.30. The molecule has 0 saturated carbocycles. The van der Waals surface area contributed by atoms with Gasteiger partial charge in [0, 0.05) is 17.7 Å². The van der Waals surface area contributed by atoms with Gasteiger partial charge >= 0.3 is 5.97 Å². The number of aromatic nitrogens is 1. The van der Waals surface area contributed by atoms with E-state index in [0.29, 0.717) is 24.0 Å². The Labute approximate surface area is 159 Å². The van der Waals surface area contributed by atoms with Gasteiger partial charge in [0.25, 0.3) is 5.91 Å². The van der Waals surface area contributed by atoms with Crippen LogP contribution in [-0.4, -0.2) is 27.8 Å². The van der Waals surface area contributed by atoms with E-state index in [1.807, 2.05) is 0 Å². The molecule has 0 saturated heterocycles. The molecule has 1 unspecified atom stereocenters. The van der Waals surface area contributed by atoms with Gasteiger partial charge in [-0.15, -0.1) is 0 Å². The van der Waals surface area contributed by atoms with Gasteiger partial charge in [0.05, 0.1) is 17.5 Å². The zero-order chi connectivity index (χ0) is 19.7. The van der Waals surface area contributed by atoms with E-state index in [2.05, 4.69) is 10.3 Å². The van der Waals surface area contributed by atoms with Crippen LogP contribution in [0, 0.1) is 12.7 Å². The summed E-state index contributed by atoms with van der Waals surface area (Å²) in [7, 11) is 0. The lowest BCUT2D eigenvalue weighted by molar-refractivity contribution is -0.137. The van der Waals surface area contributed by atoms with Crippen molar-refractivity contribution in [3.05, 3.63) is 57.1 Å². The molecule has 1 aromatic heterocycles. The number of aliphatic carboxylic acids is 1. The van der Waals surface area contributed by atoms with Crippen LogP contribution < -0.4 is 5.32 Å². The molecule has 0 aliphatic heterocycles. The van der Waals surface area contributed by atoms with Crippen molar-refractivity contribution >= 4 is 29.3 Å².